The monoisotopic (exact) mass is 705 g/mol. The lowest BCUT2D eigenvalue weighted by Crippen LogP contribution is -2.43. The molecule has 0 spiro atoms. The van der Waals surface area contributed by atoms with E-state index >= 15 is 0 Å². The molecule has 51 heavy (non-hydrogen) atoms. The number of aromatic amines is 1. The largest absolute Gasteiger partial charge is 0.491 e. The molecule has 2 aromatic carbocycles. The maximum atomic E-state index is 12.4. The van der Waals surface area contributed by atoms with Crippen LogP contribution in [0.15, 0.2) is 58.4 Å². The maximum absolute atomic E-state index is 12.4. The number of benzene rings is 2. The number of hydrogen-bond donors (Lipinski definition) is 7. The average Bonchev–Trinajstić information content (AvgIpc) is 3.03. The van der Waals surface area contributed by atoms with Crippen LogP contribution in [-0.4, -0.2) is 59.5 Å². The van der Waals surface area contributed by atoms with Gasteiger partial charge in [0.25, 0.3) is 5.56 Å². The van der Waals surface area contributed by atoms with Crippen molar-refractivity contribution < 1.29 is 14.3 Å². The van der Waals surface area contributed by atoms with Crippen LogP contribution in [0.1, 0.15) is 91.1 Å². The Kier molecular flexibility index (Phi) is 17.3. The minimum absolute atomic E-state index is 0.115. The zero-order valence-electron chi connectivity index (χ0n) is 31.4. The van der Waals surface area contributed by atoms with Gasteiger partial charge in [-0.15, -0.1) is 0 Å². The number of aryl methyl sites for hydroxylation is 1. The first kappa shape index (κ1) is 42.4. The van der Waals surface area contributed by atoms with Crippen molar-refractivity contribution in [1.82, 2.24) is 20.6 Å². The van der Waals surface area contributed by atoms with Gasteiger partial charge < -0.3 is 47.7 Å². The molecule has 3 aromatic rings. The second-order valence-electron chi connectivity index (χ2n) is 14.5. The van der Waals surface area contributed by atoms with Crippen molar-refractivity contribution in [2.75, 3.05) is 31.6 Å². The number of aromatic nitrogens is 2. The minimum atomic E-state index is -0.322. The Morgan fingerprint density at radius 1 is 0.961 bits per heavy atom. The van der Waals surface area contributed by atoms with Gasteiger partial charge in [0.15, 0.2) is 5.96 Å². The molecule has 0 aliphatic rings. The molecule has 0 fully saturated rings. The van der Waals surface area contributed by atoms with Crippen LogP contribution in [0.5, 0.6) is 5.75 Å². The Bertz CT molecular complexity index is 1620. The van der Waals surface area contributed by atoms with Crippen molar-refractivity contribution in [1.29, 1.82) is 0 Å². The number of rotatable bonds is 16. The van der Waals surface area contributed by atoms with Crippen LogP contribution in [0.25, 0.3) is 11.1 Å². The Balaban J connectivity index is 0.000000354. The van der Waals surface area contributed by atoms with Gasteiger partial charge in [0, 0.05) is 36.7 Å². The van der Waals surface area contributed by atoms with E-state index in [0.717, 1.165) is 55.5 Å². The molecule has 2 amide bonds. The number of ether oxygens (including phenoxy) is 1. The van der Waals surface area contributed by atoms with Gasteiger partial charge >= 0.3 is 6.03 Å². The SMILES string of the molecule is CC(=O)CCCc1ccc(NC(=O)NC(C)(C)C)c(OCCCN)c1.CC(C)(C)c1ncc(-c2ccc(CNCCCN=C(N)N)cc2)c(=O)[nH]1. The lowest BCUT2D eigenvalue weighted by atomic mass is 9.95. The number of H-pyrrole nitrogens is 1. The van der Waals surface area contributed by atoms with Gasteiger partial charge in [-0.2, -0.15) is 0 Å². The number of carbonyl (C=O) groups is 2. The number of ketones is 1. The van der Waals surface area contributed by atoms with E-state index < -0.39 is 0 Å². The molecule has 10 N–H and O–H groups in total. The summed E-state index contributed by atoms with van der Waals surface area (Å²) in [6.45, 7) is 16.6. The predicted molar refractivity (Wildman–Crippen MR) is 207 cm³/mol. The molecule has 0 radical (unpaired) electrons. The van der Waals surface area contributed by atoms with E-state index in [1.54, 1.807) is 13.1 Å². The van der Waals surface area contributed by atoms with Crippen molar-refractivity contribution in [2.24, 2.45) is 22.2 Å². The highest BCUT2D eigenvalue weighted by molar-refractivity contribution is 5.91. The predicted octanol–water partition coefficient (Wildman–Crippen LogP) is 4.73. The summed E-state index contributed by atoms with van der Waals surface area (Å²) < 4.78 is 5.79. The van der Waals surface area contributed by atoms with Crippen LogP contribution in [0.2, 0.25) is 0 Å². The number of nitrogens with two attached hydrogens (primary N) is 3. The summed E-state index contributed by atoms with van der Waals surface area (Å²) in [6, 6.07) is 13.3. The van der Waals surface area contributed by atoms with Crippen LogP contribution in [-0.2, 0) is 23.2 Å². The van der Waals surface area contributed by atoms with E-state index in [2.05, 4.69) is 30.9 Å². The number of carbonyl (C=O) groups excluding carboxylic acids is 2. The topological polar surface area (TPSA) is 216 Å². The molecule has 0 aliphatic heterocycles. The number of amides is 2. The Morgan fingerprint density at radius 3 is 2.24 bits per heavy atom. The number of Topliss-reactive ketones (excluding diaryl/α,β-unsaturated/α-hetero) is 1. The molecule has 1 aromatic heterocycles. The summed E-state index contributed by atoms with van der Waals surface area (Å²) in [7, 11) is 0. The first-order chi connectivity index (χ1) is 24.0. The number of nitrogens with zero attached hydrogens (tertiary/aromatic N) is 2. The number of anilines is 1. The quantitative estimate of drug-likeness (QED) is 0.0622. The second-order valence-corrected chi connectivity index (χ2v) is 14.5. The molecule has 3 rings (SSSR count). The third-order valence-corrected chi connectivity index (χ3v) is 7.29. The molecule has 0 aliphatic carbocycles. The number of guanidine groups is 1. The van der Waals surface area contributed by atoms with Gasteiger partial charge in [0.05, 0.1) is 17.9 Å². The van der Waals surface area contributed by atoms with Gasteiger partial charge in [-0.05, 0) is 95.3 Å². The van der Waals surface area contributed by atoms with E-state index in [9.17, 15) is 14.4 Å². The van der Waals surface area contributed by atoms with E-state index in [1.807, 2.05) is 84.0 Å². The van der Waals surface area contributed by atoms with Crippen molar-refractivity contribution in [2.45, 2.75) is 98.1 Å². The first-order valence-electron chi connectivity index (χ1n) is 17.5. The molecule has 13 heteroatoms. The van der Waals surface area contributed by atoms with E-state index in [0.29, 0.717) is 48.9 Å². The van der Waals surface area contributed by atoms with Crippen molar-refractivity contribution in [3.63, 3.8) is 0 Å². The van der Waals surface area contributed by atoms with Crippen molar-refractivity contribution >= 4 is 23.5 Å². The molecule has 0 unspecified atom stereocenters. The molecular formula is C38H59N9O4. The summed E-state index contributed by atoms with van der Waals surface area (Å²) in [5.74, 6) is 1.63. The number of aliphatic imine (C=N–C) groups is 1. The Labute approximate surface area is 302 Å². The summed E-state index contributed by atoms with van der Waals surface area (Å²) in [5.41, 5.74) is 19.7. The molecular weight excluding hydrogens is 646 g/mol. The average molecular weight is 706 g/mol. The lowest BCUT2D eigenvalue weighted by Gasteiger charge is -2.21. The summed E-state index contributed by atoms with van der Waals surface area (Å²) >= 11 is 0. The van der Waals surface area contributed by atoms with Gasteiger partial charge in [-0.1, -0.05) is 51.1 Å². The van der Waals surface area contributed by atoms with E-state index in [4.69, 9.17) is 21.9 Å². The number of nitrogens with one attached hydrogen (secondary N) is 4. The fourth-order valence-corrected chi connectivity index (χ4v) is 4.67. The van der Waals surface area contributed by atoms with Crippen LogP contribution >= 0.6 is 0 Å². The van der Waals surface area contributed by atoms with E-state index in [1.165, 1.54) is 0 Å². The van der Waals surface area contributed by atoms with Crippen molar-refractivity contribution in [3.8, 4) is 16.9 Å². The first-order valence-corrected chi connectivity index (χ1v) is 17.5. The molecule has 0 atom stereocenters. The van der Waals surface area contributed by atoms with E-state index in [-0.39, 0.29) is 34.3 Å². The molecule has 0 saturated carbocycles. The Morgan fingerprint density at radius 2 is 1.65 bits per heavy atom. The zero-order chi connectivity index (χ0) is 38.0. The highest BCUT2D eigenvalue weighted by Gasteiger charge is 2.18. The summed E-state index contributed by atoms with van der Waals surface area (Å²) in [6.07, 6.45) is 5.42. The molecule has 0 saturated heterocycles. The summed E-state index contributed by atoms with van der Waals surface area (Å²) in [5, 5.41) is 9.03. The Hall–Kier alpha value is -4.75. The minimum Gasteiger partial charge on any atom is -0.491 e. The third kappa shape index (κ3) is 17.2. The van der Waals surface area contributed by atoms with Crippen LogP contribution in [0, 0.1) is 0 Å². The standard InChI is InChI=1S/C19H28N6O.C19H31N3O3/c1-19(2,3)17-24-12-15(16(26)25-17)14-7-5-13(6-8-14)11-22-9-4-10-23-18(20)21;1-14(23)7-5-8-15-9-10-16(17(13-15)25-12-6-11-20)21-18(24)22-19(2,3)4/h5-8,12,22H,4,9-11H2,1-3H3,(H4,20,21,23)(H,24,25,26);9-10,13H,5-8,11-12,20H2,1-4H3,(H2,21,22,24). The fraction of sp³-hybridized carbons (Fsp3) is 0.500. The highest BCUT2D eigenvalue weighted by Crippen LogP contribution is 2.27. The fourth-order valence-electron chi connectivity index (χ4n) is 4.67. The molecule has 0 bridgehead atoms. The van der Waals surface area contributed by atoms with Gasteiger partial charge in [-0.25, -0.2) is 9.78 Å². The number of urea groups is 1. The summed E-state index contributed by atoms with van der Waals surface area (Å²) in [4.78, 5) is 46.8. The van der Waals surface area contributed by atoms with Crippen molar-refractivity contribution in [3.05, 3.63) is 76.0 Å². The lowest BCUT2D eigenvalue weighted by molar-refractivity contribution is -0.117. The zero-order valence-corrected chi connectivity index (χ0v) is 31.4. The third-order valence-electron chi connectivity index (χ3n) is 7.29. The van der Waals surface area contributed by atoms with Crippen LogP contribution in [0.3, 0.4) is 0 Å². The molecule has 1 heterocycles. The maximum Gasteiger partial charge on any atom is 0.319 e. The van der Waals surface area contributed by atoms with Gasteiger partial charge in [0.1, 0.15) is 17.4 Å². The number of hydrogen-bond acceptors (Lipinski definition) is 8. The van der Waals surface area contributed by atoms with Gasteiger partial charge in [-0.3, -0.25) is 9.79 Å². The van der Waals surface area contributed by atoms with Gasteiger partial charge in [0.2, 0.25) is 0 Å². The van der Waals surface area contributed by atoms with Crippen LogP contribution < -0.4 is 43.4 Å². The highest BCUT2D eigenvalue weighted by atomic mass is 16.5. The molecule has 13 nitrogen and oxygen atoms in total. The molecule has 280 valence electrons. The smallest absolute Gasteiger partial charge is 0.319 e. The van der Waals surface area contributed by atoms with Crippen LogP contribution in [0.4, 0.5) is 10.5 Å². The second kappa shape index (κ2) is 20.8. The normalized spacial score (nSPS) is 11.2.